The number of rotatable bonds is 6. The third kappa shape index (κ3) is 3.14. The molecule has 104 valence electrons. The average molecular weight is 263 g/mol. The zero-order valence-corrected chi connectivity index (χ0v) is 11.9. The SMILES string of the molecule is COCC(C)n1ccnc1NCc1cn(C)nc1C. The highest BCUT2D eigenvalue weighted by Gasteiger charge is 2.10. The van der Waals surface area contributed by atoms with Crippen molar-refractivity contribution in [1.29, 1.82) is 0 Å². The Morgan fingerprint density at radius 3 is 2.89 bits per heavy atom. The summed E-state index contributed by atoms with van der Waals surface area (Å²) in [4.78, 5) is 4.34. The number of anilines is 1. The van der Waals surface area contributed by atoms with Gasteiger partial charge in [-0.1, -0.05) is 0 Å². The second-order valence-corrected chi connectivity index (χ2v) is 4.73. The van der Waals surface area contributed by atoms with Crippen molar-refractivity contribution >= 4 is 5.95 Å². The number of hydrogen-bond donors (Lipinski definition) is 1. The van der Waals surface area contributed by atoms with E-state index in [1.165, 1.54) is 5.56 Å². The molecule has 6 heteroatoms. The Morgan fingerprint density at radius 1 is 1.47 bits per heavy atom. The van der Waals surface area contributed by atoms with Gasteiger partial charge < -0.3 is 14.6 Å². The molecule has 0 aliphatic heterocycles. The Hall–Kier alpha value is -1.82. The van der Waals surface area contributed by atoms with Gasteiger partial charge in [0.2, 0.25) is 5.95 Å². The summed E-state index contributed by atoms with van der Waals surface area (Å²) in [5.41, 5.74) is 2.22. The van der Waals surface area contributed by atoms with E-state index < -0.39 is 0 Å². The number of hydrogen-bond acceptors (Lipinski definition) is 4. The normalized spacial score (nSPS) is 12.6. The summed E-state index contributed by atoms with van der Waals surface area (Å²) < 4.78 is 9.08. The Labute approximate surface area is 113 Å². The summed E-state index contributed by atoms with van der Waals surface area (Å²) in [5.74, 6) is 0.854. The Kier molecular flexibility index (Phi) is 4.21. The van der Waals surface area contributed by atoms with Crippen molar-refractivity contribution in [3.8, 4) is 0 Å². The van der Waals surface area contributed by atoms with Crippen LogP contribution in [0.5, 0.6) is 0 Å². The van der Waals surface area contributed by atoms with Crippen LogP contribution < -0.4 is 5.32 Å². The molecule has 2 rings (SSSR count). The highest BCUT2D eigenvalue weighted by molar-refractivity contribution is 5.30. The van der Waals surface area contributed by atoms with Crippen LogP contribution in [0.15, 0.2) is 18.6 Å². The minimum absolute atomic E-state index is 0.255. The van der Waals surface area contributed by atoms with Gasteiger partial charge >= 0.3 is 0 Å². The first-order valence-corrected chi connectivity index (χ1v) is 6.36. The molecule has 0 radical (unpaired) electrons. The Morgan fingerprint density at radius 2 is 2.26 bits per heavy atom. The molecule has 19 heavy (non-hydrogen) atoms. The standard InChI is InChI=1S/C13H21N5O/c1-10(9-19-4)18-6-5-14-13(18)15-7-12-8-17(3)16-11(12)2/h5-6,8,10H,7,9H2,1-4H3,(H,14,15). The van der Waals surface area contributed by atoms with Gasteiger partial charge in [0, 0.05) is 44.9 Å². The lowest BCUT2D eigenvalue weighted by Gasteiger charge is -2.16. The van der Waals surface area contributed by atoms with E-state index in [1.807, 2.05) is 31.0 Å². The number of nitrogens with zero attached hydrogens (tertiary/aromatic N) is 4. The maximum atomic E-state index is 5.18. The number of aromatic nitrogens is 4. The lowest BCUT2D eigenvalue weighted by atomic mass is 10.3. The van der Waals surface area contributed by atoms with Crippen LogP contribution in [0.2, 0.25) is 0 Å². The molecule has 2 aromatic rings. The van der Waals surface area contributed by atoms with Gasteiger partial charge in [-0.25, -0.2) is 4.98 Å². The Balaban J connectivity index is 2.04. The van der Waals surface area contributed by atoms with Crippen LogP contribution in [0.1, 0.15) is 24.2 Å². The van der Waals surface area contributed by atoms with E-state index in [2.05, 4.69) is 26.9 Å². The van der Waals surface area contributed by atoms with E-state index in [1.54, 1.807) is 13.3 Å². The van der Waals surface area contributed by atoms with Crippen LogP contribution in [0.3, 0.4) is 0 Å². The first kappa shape index (κ1) is 13.6. The molecule has 2 heterocycles. The van der Waals surface area contributed by atoms with Gasteiger partial charge in [-0.2, -0.15) is 5.10 Å². The van der Waals surface area contributed by atoms with Crippen molar-refractivity contribution in [3.63, 3.8) is 0 Å². The lowest BCUT2D eigenvalue weighted by molar-refractivity contribution is 0.163. The predicted molar refractivity (Wildman–Crippen MR) is 74.1 cm³/mol. The van der Waals surface area contributed by atoms with Crippen LogP contribution in [-0.2, 0) is 18.3 Å². The summed E-state index contributed by atoms with van der Waals surface area (Å²) in [6, 6.07) is 0.255. The van der Waals surface area contributed by atoms with Crippen molar-refractivity contribution in [1.82, 2.24) is 19.3 Å². The molecule has 0 spiro atoms. The Bertz CT molecular complexity index is 531. The molecular weight excluding hydrogens is 242 g/mol. The lowest BCUT2D eigenvalue weighted by Crippen LogP contribution is -2.14. The molecule has 2 aromatic heterocycles. The monoisotopic (exact) mass is 263 g/mol. The molecular formula is C13H21N5O. The second kappa shape index (κ2) is 5.88. The smallest absolute Gasteiger partial charge is 0.203 e. The summed E-state index contributed by atoms with van der Waals surface area (Å²) in [6.45, 7) is 5.50. The molecule has 0 amide bonds. The van der Waals surface area contributed by atoms with Crippen molar-refractivity contribution < 1.29 is 4.74 Å². The van der Waals surface area contributed by atoms with E-state index in [4.69, 9.17) is 4.74 Å². The second-order valence-electron chi connectivity index (χ2n) is 4.73. The molecule has 1 N–H and O–H groups in total. The van der Waals surface area contributed by atoms with Crippen molar-refractivity contribution in [2.45, 2.75) is 26.4 Å². The minimum Gasteiger partial charge on any atom is -0.383 e. The third-order valence-electron chi connectivity index (χ3n) is 3.10. The third-order valence-corrected chi connectivity index (χ3v) is 3.10. The van der Waals surface area contributed by atoms with Crippen LogP contribution in [0, 0.1) is 6.92 Å². The molecule has 0 aliphatic rings. The predicted octanol–water partition coefficient (Wildman–Crippen LogP) is 1.74. The van der Waals surface area contributed by atoms with Crippen molar-refractivity contribution in [2.24, 2.45) is 7.05 Å². The van der Waals surface area contributed by atoms with Crippen LogP contribution in [-0.4, -0.2) is 33.0 Å². The average Bonchev–Trinajstić information content (AvgIpc) is 2.93. The van der Waals surface area contributed by atoms with E-state index >= 15 is 0 Å². The first-order chi connectivity index (χ1) is 9.11. The number of imidazole rings is 1. The summed E-state index contributed by atoms with van der Waals surface area (Å²) in [7, 11) is 3.64. The molecule has 0 saturated heterocycles. The highest BCUT2D eigenvalue weighted by atomic mass is 16.5. The molecule has 1 unspecified atom stereocenters. The fourth-order valence-electron chi connectivity index (χ4n) is 2.12. The van der Waals surface area contributed by atoms with Gasteiger partial charge in [-0.3, -0.25) is 4.68 Å². The van der Waals surface area contributed by atoms with E-state index in [0.29, 0.717) is 6.61 Å². The molecule has 0 aliphatic carbocycles. The van der Waals surface area contributed by atoms with E-state index in [0.717, 1.165) is 18.2 Å². The van der Waals surface area contributed by atoms with Crippen molar-refractivity contribution in [2.75, 3.05) is 19.0 Å². The topological polar surface area (TPSA) is 56.9 Å². The molecule has 0 aromatic carbocycles. The van der Waals surface area contributed by atoms with E-state index in [9.17, 15) is 0 Å². The van der Waals surface area contributed by atoms with Gasteiger partial charge in [0.05, 0.1) is 18.3 Å². The van der Waals surface area contributed by atoms with Gasteiger partial charge in [-0.05, 0) is 13.8 Å². The van der Waals surface area contributed by atoms with Gasteiger partial charge in [0.15, 0.2) is 0 Å². The molecule has 1 atom stereocenters. The fraction of sp³-hybridized carbons (Fsp3) is 0.538. The van der Waals surface area contributed by atoms with Gasteiger partial charge in [0.25, 0.3) is 0 Å². The number of methoxy groups -OCH3 is 1. The van der Waals surface area contributed by atoms with Gasteiger partial charge in [0.1, 0.15) is 0 Å². The number of ether oxygens (including phenoxy) is 1. The minimum atomic E-state index is 0.255. The zero-order chi connectivity index (χ0) is 13.8. The van der Waals surface area contributed by atoms with Crippen LogP contribution in [0.25, 0.3) is 0 Å². The first-order valence-electron chi connectivity index (χ1n) is 6.36. The van der Waals surface area contributed by atoms with Gasteiger partial charge in [-0.15, -0.1) is 0 Å². The molecule has 0 saturated carbocycles. The maximum Gasteiger partial charge on any atom is 0.203 e. The summed E-state index contributed by atoms with van der Waals surface area (Å²) >= 11 is 0. The molecule has 6 nitrogen and oxygen atoms in total. The van der Waals surface area contributed by atoms with Crippen LogP contribution in [0.4, 0.5) is 5.95 Å². The van der Waals surface area contributed by atoms with Crippen LogP contribution >= 0.6 is 0 Å². The van der Waals surface area contributed by atoms with E-state index in [-0.39, 0.29) is 6.04 Å². The zero-order valence-electron chi connectivity index (χ0n) is 11.9. The fourth-order valence-corrected chi connectivity index (χ4v) is 2.12. The summed E-state index contributed by atoms with van der Waals surface area (Å²) in [5, 5.41) is 7.67. The number of nitrogens with one attached hydrogen (secondary N) is 1. The largest absolute Gasteiger partial charge is 0.383 e. The number of aryl methyl sites for hydroxylation is 2. The molecule has 0 fully saturated rings. The van der Waals surface area contributed by atoms with Crippen molar-refractivity contribution in [3.05, 3.63) is 29.8 Å². The maximum absolute atomic E-state index is 5.18. The molecule has 0 bridgehead atoms. The quantitative estimate of drug-likeness (QED) is 0.862. The highest BCUT2D eigenvalue weighted by Crippen LogP contribution is 2.15. The summed E-state index contributed by atoms with van der Waals surface area (Å²) in [6.07, 6.45) is 5.78.